The fourth-order valence-corrected chi connectivity index (χ4v) is 4.14. The lowest BCUT2D eigenvalue weighted by molar-refractivity contribution is 0.0119. The molecule has 4 aromatic rings. The fraction of sp³-hybridized carbons (Fsp3) is 0.280. The van der Waals surface area contributed by atoms with Crippen molar-refractivity contribution in [2.24, 2.45) is 0 Å². The van der Waals surface area contributed by atoms with Gasteiger partial charge in [0.05, 0.1) is 24.8 Å². The lowest BCUT2D eigenvalue weighted by Gasteiger charge is -2.15. The normalized spacial score (nSPS) is 15.8. The number of rotatable bonds is 7. The molecule has 33 heavy (non-hydrogen) atoms. The van der Waals surface area contributed by atoms with Gasteiger partial charge in [-0.2, -0.15) is 5.10 Å². The first-order valence-electron chi connectivity index (χ1n) is 10.9. The lowest BCUT2D eigenvalue weighted by Crippen LogP contribution is -2.28. The van der Waals surface area contributed by atoms with Gasteiger partial charge in [-0.05, 0) is 29.8 Å². The molecule has 0 saturated carbocycles. The molecule has 0 spiro atoms. The largest absolute Gasteiger partial charge is 0.489 e. The lowest BCUT2D eigenvalue weighted by atomic mass is 10.2. The van der Waals surface area contributed by atoms with Crippen molar-refractivity contribution in [1.82, 2.24) is 19.2 Å². The maximum absolute atomic E-state index is 13.4. The monoisotopic (exact) mass is 450 g/mol. The first-order valence-corrected chi connectivity index (χ1v) is 10.9. The Bertz CT molecular complexity index is 1320. The van der Waals surface area contributed by atoms with E-state index in [0.29, 0.717) is 32.0 Å². The Hall–Kier alpha value is -3.52. The van der Waals surface area contributed by atoms with Gasteiger partial charge in [-0.3, -0.25) is 18.9 Å². The Labute approximate surface area is 189 Å². The van der Waals surface area contributed by atoms with E-state index >= 15 is 0 Å². The van der Waals surface area contributed by atoms with Crippen molar-refractivity contribution < 1.29 is 13.5 Å². The summed E-state index contributed by atoms with van der Waals surface area (Å²) in [6.07, 6.45) is 3.35. The molecular weight excluding hydrogens is 426 g/mol. The molecular formula is C25H24F2N4O2. The molecule has 6 nitrogen and oxygen atoms in total. The quantitative estimate of drug-likeness (QED) is 0.425. The summed E-state index contributed by atoms with van der Waals surface area (Å²) in [5.74, 6) is -2.07. The first-order chi connectivity index (χ1) is 16.0. The molecule has 0 N–H and O–H groups in total. The third-order valence-corrected chi connectivity index (χ3v) is 5.92. The molecule has 0 bridgehead atoms. The van der Waals surface area contributed by atoms with Crippen LogP contribution in [0.3, 0.4) is 0 Å². The van der Waals surface area contributed by atoms with E-state index in [1.165, 1.54) is 6.07 Å². The van der Waals surface area contributed by atoms with Crippen LogP contribution in [0.1, 0.15) is 12.0 Å². The third kappa shape index (κ3) is 4.80. The molecule has 1 saturated heterocycles. The average molecular weight is 450 g/mol. The van der Waals surface area contributed by atoms with Crippen molar-refractivity contribution >= 4 is 10.9 Å². The SMILES string of the molecule is O=c1cc(OCc2ccccc2)ccn1-c1ccc2c(cnn2CCN2CCC(F)(F)C2)c1. The van der Waals surface area contributed by atoms with Crippen molar-refractivity contribution in [2.45, 2.75) is 25.5 Å². The van der Waals surface area contributed by atoms with E-state index < -0.39 is 5.92 Å². The van der Waals surface area contributed by atoms with Gasteiger partial charge in [-0.25, -0.2) is 8.78 Å². The zero-order valence-corrected chi connectivity index (χ0v) is 18.0. The Morgan fingerprint density at radius 2 is 1.88 bits per heavy atom. The van der Waals surface area contributed by atoms with E-state index in [1.54, 1.807) is 27.9 Å². The van der Waals surface area contributed by atoms with Crippen LogP contribution in [0.15, 0.2) is 77.9 Å². The van der Waals surface area contributed by atoms with Gasteiger partial charge in [0.2, 0.25) is 0 Å². The highest BCUT2D eigenvalue weighted by molar-refractivity contribution is 5.80. The van der Waals surface area contributed by atoms with E-state index in [9.17, 15) is 13.6 Å². The second kappa shape index (κ2) is 8.78. The summed E-state index contributed by atoms with van der Waals surface area (Å²) in [5.41, 5.74) is 2.46. The minimum Gasteiger partial charge on any atom is -0.489 e. The maximum atomic E-state index is 13.4. The van der Waals surface area contributed by atoms with Crippen LogP contribution in [0, 0.1) is 0 Å². The van der Waals surface area contributed by atoms with Crippen molar-refractivity contribution in [2.75, 3.05) is 19.6 Å². The van der Waals surface area contributed by atoms with E-state index in [1.807, 2.05) is 53.2 Å². The average Bonchev–Trinajstić information content (AvgIpc) is 3.38. The van der Waals surface area contributed by atoms with Crippen LogP contribution in [-0.2, 0) is 13.2 Å². The molecule has 170 valence electrons. The molecule has 0 unspecified atom stereocenters. The van der Waals surface area contributed by atoms with Crippen LogP contribution in [0.2, 0.25) is 0 Å². The van der Waals surface area contributed by atoms with E-state index in [4.69, 9.17) is 4.74 Å². The van der Waals surface area contributed by atoms with Crippen LogP contribution < -0.4 is 10.3 Å². The van der Waals surface area contributed by atoms with E-state index in [2.05, 4.69) is 5.10 Å². The van der Waals surface area contributed by atoms with Crippen molar-refractivity contribution in [3.63, 3.8) is 0 Å². The predicted molar refractivity (Wildman–Crippen MR) is 122 cm³/mol. The molecule has 0 amide bonds. The molecule has 2 aromatic heterocycles. The topological polar surface area (TPSA) is 52.3 Å². The van der Waals surface area contributed by atoms with Crippen molar-refractivity contribution in [1.29, 1.82) is 0 Å². The van der Waals surface area contributed by atoms with Gasteiger partial charge in [0.25, 0.3) is 11.5 Å². The second-order valence-electron chi connectivity index (χ2n) is 8.34. The van der Waals surface area contributed by atoms with Gasteiger partial charge in [-0.1, -0.05) is 30.3 Å². The fourth-order valence-electron chi connectivity index (χ4n) is 4.14. The number of alkyl halides is 2. The van der Waals surface area contributed by atoms with Crippen LogP contribution in [0.5, 0.6) is 5.75 Å². The summed E-state index contributed by atoms with van der Waals surface area (Å²) >= 11 is 0. The number of aromatic nitrogens is 3. The number of benzene rings is 2. The smallest absolute Gasteiger partial charge is 0.261 e. The van der Waals surface area contributed by atoms with Crippen LogP contribution in [0.25, 0.3) is 16.6 Å². The standard InChI is InChI=1S/C25H24F2N4O2/c26-25(27)9-11-29(18-25)12-13-31-23-7-6-21(14-20(23)16-28-31)30-10-8-22(15-24(30)32)33-17-19-4-2-1-3-5-19/h1-8,10,14-16H,9,11-13,17-18H2. The van der Waals surface area contributed by atoms with E-state index in [0.717, 1.165) is 22.2 Å². The molecule has 0 atom stereocenters. The summed E-state index contributed by atoms with van der Waals surface area (Å²) in [6.45, 7) is 1.67. The van der Waals surface area contributed by atoms with Gasteiger partial charge in [-0.15, -0.1) is 0 Å². The summed E-state index contributed by atoms with van der Waals surface area (Å²) in [7, 11) is 0. The number of fused-ring (bicyclic) bond motifs is 1. The van der Waals surface area contributed by atoms with Crippen molar-refractivity contribution in [3.8, 4) is 11.4 Å². The zero-order chi connectivity index (χ0) is 22.8. The Balaban J connectivity index is 1.28. The minimum atomic E-state index is -2.59. The molecule has 8 heteroatoms. The predicted octanol–water partition coefficient (Wildman–Crippen LogP) is 4.11. The summed E-state index contributed by atoms with van der Waals surface area (Å²) in [5, 5.41) is 5.30. The van der Waals surface area contributed by atoms with Crippen molar-refractivity contribution in [3.05, 3.63) is 89.0 Å². The molecule has 1 aliphatic heterocycles. The highest BCUT2D eigenvalue weighted by Crippen LogP contribution is 2.26. The van der Waals surface area contributed by atoms with Crippen LogP contribution in [-0.4, -0.2) is 44.8 Å². The molecule has 5 rings (SSSR count). The number of hydrogen-bond acceptors (Lipinski definition) is 4. The maximum Gasteiger partial charge on any atom is 0.261 e. The van der Waals surface area contributed by atoms with Crippen LogP contribution >= 0.6 is 0 Å². The minimum absolute atomic E-state index is 0.0823. The summed E-state index contributed by atoms with van der Waals surface area (Å²) in [6, 6.07) is 18.7. The van der Waals surface area contributed by atoms with Gasteiger partial charge in [0.15, 0.2) is 0 Å². The summed E-state index contributed by atoms with van der Waals surface area (Å²) in [4.78, 5) is 14.5. The molecule has 1 aliphatic rings. The highest BCUT2D eigenvalue weighted by Gasteiger charge is 2.37. The third-order valence-electron chi connectivity index (χ3n) is 5.92. The Morgan fingerprint density at radius 3 is 2.64 bits per heavy atom. The Kier molecular flexibility index (Phi) is 5.68. The Morgan fingerprint density at radius 1 is 1.03 bits per heavy atom. The van der Waals surface area contributed by atoms with Gasteiger partial charge < -0.3 is 4.74 Å². The van der Waals surface area contributed by atoms with Gasteiger partial charge >= 0.3 is 0 Å². The molecule has 3 heterocycles. The molecule has 0 radical (unpaired) electrons. The molecule has 2 aromatic carbocycles. The zero-order valence-electron chi connectivity index (χ0n) is 18.0. The number of pyridine rings is 1. The number of likely N-dealkylation sites (tertiary alicyclic amines) is 1. The number of hydrogen-bond donors (Lipinski definition) is 0. The number of halogens is 2. The van der Waals surface area contributed by atoms with Gasteiger partial charge in [0, 0.05) is 42.8 Å². The first kappa shape index (κ1) is 21.3. The molecule has 0 aliphatic carbocycles. The van der Waals surface area contributed by atoms with E-state index in [-0.39, 0.29) is 18.5 Å². The van der Waals surface area contributed by atoms with Crippen LogP contribution in [0.4, 0.5) is 8.78 Å². The van der Waals surface area contributed by atoms with Gasteiger partial charge in [0.1, 0.15) is 12.4 Å². The number of ether oxygens (including phenoxy) is 1. The summed E-state index contributed by atoms with van der Waals surface area (Å²) < 4.78 is 35.9. The molecule has 1 fully saturated rings. The second-order valence-corrected chi connectivity index (χ2v) is 8.34. The number of nitrogens with zero attached hydrogens (tertiary/aromatic N) is 4. The highest BCUT2D eigenvalue weighted by atomic mass is 19.3.